The number of nitrogens with zero attached hydrogens (tertiary/aromatic N) is 2. The van der Waals surface area contributed by atoms with Crippen LogP contribution < -0.4 is 5.32 Å². The van der Waals surface area contributed by atoms with Crippen LogP contribution in [-0.2, 0) is 0 Å². The van der Waals surface area contributed by atoms with Crippen molar-refractivity contribution in [2.75, 3.05) is 11.9 Å². The monoisotopic (exact) mass is 298 g/mol. The normalized spacial score (nSPS) is 13.9. The maximum absolute atomic E-state index is 10.3. The highest BCUT2D eigenvalue weighted by atomic mass is 16.3. The molecule has 0 saturated carbocycles. The van der Waals surface area contributed by atoms with Crippen LogP contribution in [0.5, 0.6) is 0 Å². The Balaban J connectivity index is 1.73. The van der Waals surface area contributed by atoms with E-state index in [-0.39, 0.29) is 12.6 Å². The van der Waals surface area contributed by atoms with E-state index >= 15 is 0 Å². The summed E-state index contributed by atoms with van der Waals surface area (Å²) >= 11 is 0. The quantitative estimate of drug-likeness (QED) is 0.557. The molecule has 3 rings (SSSR count). The zero-order chi connectivity index (χ0) is 15.4. The predicted molar refractivity (Wildman–Crippen MR) is 84.4 cm³/mol. The number of hydrogen-bond donors (Lipinski definition) is 4. The summed E-state index contributed by atoms with van der Waals surface area (Å²) < 4.78 is 0. The van der Waals surface area contributed by atoms with Crippen LogP contribution in [0.3, 0.4) is 0 Å². The number of anilines is 1. The molecular weight excluding hydrogens is 280 g/mol. The first-order valence-corrected chi connectivity index (χ1v) is 7.16. The molecule has 0 amide bonds. The van der Waals surface area contributed by atoms with Crippen LogP contribution in [0.4, 0.5) is 5.82 Å². The minimum absolute atomic E-state index is 0.0974. The molecule has 2 aromatic heterocycles. The molecule has 0 fully saturated rings. The van der Waals surface area contributed by atoms with Crippen molar-refractivity contribution in [1.82, 2.24) is 15.0 Å². The average Bonchev–Trinajstić information content (AvgIpc) is 3.04. The number of aliphatic hydroxyl groups is 2. The van der Waals surface area contributed by atoms with Crippen LogP contribution in [0.15, 0.2) is 48.9 Å². The highest BCUT2D eigenvalue weighted by Crippen LogP contribution is 2.22. The van der Waals surface area contributed by atoms with E-state index in [1.54, 1.807) is 6.20 Å². The van der Waals surface area contributed by atoms with Crippen molar-refractivity contribution in [3.63, 3.8) is 0 Å². The fraction of sp³-hybridized carbons (Fsp3) is 0.250. The summed E-state index contributed by atoms with van der Waals surface area (Å²) in [5, 5.41) is 23.9. The summed E-state index contributed by atoms with van der Waals surface area (Å²) in [5.74, 6) is 0.644. The summed E-state index contributed by atoms with van der Waals surface area (Å²) in [5.41, 5.74) is 1.56. The van der Waals surface area contributed by atoms with Crippen LogP contribution in [0.1, 0.15) is 18.1 Å². The Labute approximate surface area is 127 Å². The van der Waals surface area contributed by atoms with Crippen molar-refractivity contribution in [3.05, 3.63) is 54.5 Å². The smallest absolute Gasteiger partial charge is 0.142 e. The fourth-order valence-electron chi connectivity index (χ4n) is 2.44. The van der Waals surface area contributed by atoms with E-state index < -0.39 is 6.10 Å². The molecule has 1 aromatic carbocycles. The maximum Gasteiger partial charge on any atom is 0.142 e. The van der Waals surface area contributed by atoms with Crippen LogP contribution in [-0.4, -0.2) is 37.8 Å². The topological polar surface area (TPSA) is 94.1 Å². The number of benzene rings is 1. The lowest BCUT2D eigenvalue weighted by Gasteiger charge is -2.20. The summed E-state index contributed by atoms with van der Waals surface area (Å²) in [4.78, 5) is 11.4. The lowest BCUT2D eigenvalue weighted by molar-refractivity contribution is 0.144. The summed E-state index contributed by atoms with van der Waals surface area (Å²) in [6, 6.07) is 11.0. The van der Waals surface area contributed by atoms with Gasteiger partial charge in [0, 0.05) is 6.20 Å². The molecule has 2 heterocycles. The van der Waals surface area contributed by atoms with Gasteiger partial charge in [0.2, 0.25) is 0 Å². The SMILES string of the molecule is OC[C@H](C[C@H](O)c1ccccc1)Nc1ncnc2[nH]ccc12. The minimum Gasteiger partial charge on any atom is -0.394 e. The molecule has 0 saturated heterocycles. The van der Waals surface area contributed by atoms with Gasteiger partial charge in [0.15, 0.2) is 0 Å². The number of rotatable bonds is 6. The van der Waals surface area contributed by atoms with Gasteiger partial charge >= 0.3 is 0 Å². The van der Waals surface area contributed by atoms with Gasteiger partial charge in [-0.15, -0.1) is 0 Å². The van der Waals surface area contributed by atoms with Gasteiger partial charge in [-0.05, 0) is 18.1 Å². The second-order valence-electron chi connectivity index (χ2n) is 5.15. The first kappa shape index (κ1) is 14.5. The Morgan fingerprint density at radius 2 is 1.95 bits per heavy atom. The van der Waals surface area contributed by atoms with E-state index in [1.165, 1.54) is 6.33 Å². The molecule has 0 bridgehead atoms. The Hall–Kier alpha value is -2.44. The molecule has 0 spiro atoms. The zero-order valence-corrected chi connectivity index (χ0v) is 12.0. The number of fused-ring (bicyclic) bond motifs is 1. The van der Waals surface area contributed by atoms with Gasteiger partial charge in [0.25, 0.3) is 0 Å². The highest BCUT2D eigenvalue weighted by Gasteiger charge is 2.17. The molecule has 6 heteroatoms. The largest absolute Gasteiger partial charge is 0.394 e. The Morgan fingerprint density at radius 1 is 1.14 bits per heavy atom. The van der Waals surface area contributed by atoms with E-state index in [9.17, 15) is 10.2 Å². The Bertz CT molecular complexity index is 729. The van der Waals surface area contributed by atoms with Gasteiger partial charge in [0.1, 0.15) is 17.8 Å². The number of H-pyrrole nitrogens is 1. The number of aliphatic hydroxyl groups excluding tert-OH is 2. The van der Waals surface area contributed by atoms with Gasteiger partial charge in [-0.25, -0.2) is 9.97 Å². The van der Waals surface area contributed by atoms with Crippen LogP contribution in [0, 0.1) is 0 Å². The molecule has 22 heavy (non-hydrogen) atoms. The second kappa shape index (κ2) is 6.55. The van der Waals surface area contributed by atoms with Crippen molar-refractivity contribution < 1.29 is 10.2 Å². The van der Waals surface area contributed by atoms with Crippen LogP contribution in [0.25, 0.3) is 11.0 Å². The molecule has 0 radical (unpaired) electrons. The Kier molecular flexibility index (Phi) is 4.32. The van der Waals surface area contributed by atoms with Crippen molar-refractivity contribution in [2.24, 2.45) is 0 Å². The third kappa shape index (κ3) is 3.08. The van der Waals surface area contributed by atoms with Crippen LogP contribution >= 0.6 is 0 Å². The van der Waals surface area contributed by atoms with Gasteiger partial charge in [-0.3, -0.25) is 0 Å². The lowest BCUT2D eigenvalue weighted by atomic mass is 10.0. The number of nitrogens with one attached hydrogen (secondary N) is 2. The minimum atomic E-state index is -0.644. The molecule has 2 atom stereocenters. The number of hydrogen-bond acceptors (Lipinski definition) is 5. The predicted octanol–water partition coefficient (Wildman–Crippen LogP) is 1.85. The molecule has 6 nitrogen and oxygen atoms in total. The van der Waals surface area contributed by atoms with Gasteiger partial charge < -0.3 is 20.5 Å². The lowest BCUT2D eigenvalue weighted by Crippen LogP contribution is -2.27. The average molecular weight is 298 g/mol. The molecule has 3 aromatic rings. The molecule has 0 aliphatic heterocycles. The molecule has 0 aliphatic carbocycles. The van der Waals surface area contributed by atoms with E-state index in [4.69, 9.17) is 0 Å². The summed E-state index contributed by atoms with van der Waals surface area (Å²) in [7, 11) is 0. The first-order chi connectivity index (χ1) is 10.8. The van der Waals surface area contributed by atoms with Gasteiger partial charge in [-0.1, -0.05) is 30.3 Å². The summed E-state index contributed by atoms with van der Waals surface area (Å²) in [6.07, 6.45) is 2.99. The molecule has 114 valence electrons. The van der Waals surface area contributed by atoms with Crippen molar-refractivity contribution >= 4 is 16.9 Å². The first-order valence-electron chi connectivity index (χ1n) is 7.16. The van der Waals surface area contributed by atoms with E-state index in [0.29, 0.717) is 12.2 Å². The van der Waals surface area contributed by atoms with Crippen molar-refractivity contribution in [2.45, 2.75) is 18.6 Å². The maximum atomic E-state index is 10.3. The fourth-order valence-corrected chi connectivity index (χ4v) is 2.44. The third-order valence-corrected chi connectivity index (χ3v) is 3.61. The van der Waals surface area contributed by atoms with Crippen molar-refractivity contribution in [1.29, 1.82) is 0 Å². The molecule has 0 aliphatic rings. The highest BCUT2D eigenvalue weighted by molar-refractivity contribution is 5.86. The second-order valence-corrected chi connectivity index (χ2v) is 5.15. The molecular formula is C16H18N4O2. The van der Waals surface area contributed by atoms with Crippen molar-refractivity contribution in [3.8, 4) is 0 Å². The number of aromatic amines is 1. The zero-order valence-electron chi connectivity index (χ0n) is 12.0. The molecule has 0 unspecified atom stereocenters. The van der Waals surface area contributed by atoms with E-state index in [1.807, 2.05) is 36.4 Å². The third-order valence-electron chi connectivity index (χ3n) is 3.61. The molecule has 4 N–H and O–H groups in total. The van der Waals surface area contributed by atoms with E-state index in [2.05, 4.69) is 20.3 Å². The Morgan fingerprint density at radius 3 is 2.73 bits per heavy atom. The van der Waals surface area contributed by atoms with Gasteiger partial charge in [-0.2, -0.15) is 0 Å². The van der Waals surface area contributed by atoms with Crippen LogP contribution in [0.2, 0.25) is 0 Å². The number of aromatic nitrogens is 3. The van der Waals surface area contributed by atoms with Gasteiger partial charge in [0.05, 0.1) is 24.1 Å². The van der Waals surface area contributed by atoms with E-state index in [0.717, 1.165) is 16.6 Å². The summed E-state index contributed by atoms with van der Waals surface area (Å²) in [6.45, 7) is -0.0974. The standard InChI is InChI=1S/C16H18N4O2/c21-9-12(8-14(22)11-4-2-1-3-5-11)20-16-13-6-7-17-15(13)18-10-19-16/h1-7,10,12,14,21-22H,8-9H2,(H2,17,18,19,20)/t12-,14-/m0/s1.